The topological polar surface area (TPSA) is 52.6 Å². The number of methoxy groups -OCH3 is 1. The molecular weight excluding hydrogens is 288 g/mol. The lowest BCUT2D eigenvalue weighted by Crippen LogP contribution is -2.08. The van der Waals surface area contributed by atoms with Gasteiger partial charge in [0.15, 0.2) is 6.29 Å². The Balaban J connectivity index is 2.99. The van der Waals surface area contributed by atoms with Crippen molar-refractivity contribution in [2.75, 3.05) is 13.7 Å². The first-order valence-corrected chi connectivity index (χ1v) is 5.88. The van der Waals surface area contributed by atoms with Crippen LogP contribution in [0.25, 0.3) is 0 Å². The van der Waals surface area contributed by atoms with Crippen molar-refractivity contribution < 1.29 is 19.1 Å². The Morgan fingerprint density at radius 2 is 2.18 bits per heavy atom. The second-order valence-corrected chi connectivity index (χ2v) is 4.15. The van der Waals surface area contributed by atoms with Gasteiger partial charge in [-0.2, -0.15) is 0 Å². The van der Waals surface area contributed by atoms with E-state index in [1.165, 1.54) is 7.11 Å². The highest BCUT2D eigenvalue weighted by molar-refractivity contribution is 9.10. The van der Waals surface area contributed by atoms with Crippen LogP contribution >= 0.6 is 15.9 Å². The molecule has 0 bridgehead atoms. The highest BCUT2D eigenvalue weighted by atomic mass is 79.9. The Morgan fingerprint density at radius 3 is 2.71 bits per heavy atom. The molecule has 0 saturated carbocycles. The molecule has 0 saturated heterocycles. The fourth-order valence-corrected chi connectivity index (χ4v) is 2.14. The minimum absolute atomic E-state index is 0.136. The van der Waals surface area contributed by atoms with Crippen molar-refractivity contribution in [3.8, 4) is 5.75 Å². The Hall–Kier alpha value is -1.36. The fourth-order valence-electron chi connectivity index (χ4n) is 1.46. The molecule has 0 aliphatic heterocycles. The van der Waals surface area contributed by atoms with Gasteiger partial charge in [0.25, 0.3) is 0 Å². The maximum atomic E-state index is 11.3. The molecule has 4 nitrogen and oxygen atoms in total. The van der Waals surface area contributed by atoms with Gasteiger partial charge in [-0.25, -0.2) is 0 Å². The summed E-state index contributed by atoms with van der Waals surface area (Å²) in [6, 6.07) is 3.36. The lowest BCUT2D eigenvalue weighted by Gasteiger charge is -2.09. The van der Waals surface area contributed by atoms with Crippen LogP contribution in [0.15, 0.2) is 16.6 Å². The summed E-state index contributed by atoms with van der Waals surface area (Å²) in [5.41, 5.74) is 1.11. The normalized spacial score (nSPS) is 9.82. The quantitative estimate of drug-likeness (QED) is 0.619. The van der Waals surface area contributed by atoms with Crippen LogP contribution in [0.3, 0.4) is 0 Å². The van der Waals surface area contributed by atoms with Crippen LogP contribution < -0.4 is 4.74 Å². The third kappa shape index (κ3) is 3.56. The number of halogens is 1. The molecule has 17 heavy (non-hydrogen) atoms. The van der Waals surface area contributed by atoms with Crippen LogP contribution in [-0.4, -0.2) is 26.0 Å². The predicted molar refractivity (Wildman–Crippen MR) is 66.4 cm³/mol. The summed E-state index contributed by atoms with van der Waals surface area (Å²) in [6.45, 7) is 2.09. The maximum absolute atomic E-state index is 11.3. The summed E-state index contributed by atoms with van der Waals surface area (Å²) in [6.07, 6.45) is 0.829. The predicted octanol–water partition coefficient (Wildman–Crippen LogP) is 2.38. The van der Waals surface area contributed by atoms with Crippen molar-refractivity contribution in [1.29, 1.82) is 0 Å². The van der Waals surface area contributed by atoms with E-state index in [9.17, 15) is 9.59 Å². The first-order valence-electron chi connectivity index (χ1n) is 5.09. The van der Waals surface area contributed by atoms with Gasteiger partial charge in [0, 0.05) is 0 Å². The summed E-state index contributed by atoms with van der Waals surface area (Å²) in [4.78, 5) is 22.2. The lowest BCUT2D eigenvalue weighted by atomic mass is 10.1. The van der Waals surface area contributed by atoms with E-state index in [1.807, 2.05) is 0 Å². The van der Waals surface area contributed by atoms with Crippen LogP contribution in [-0.2, 0) is 16.0 Å². The van der Waals surface area contributed by atoms with Crippen molar-refractivity contribution in [1.82, 2.24) is 0 Å². The zero-order valence-electron chi connectivity index (χ0n) is 9.66. The first-order chi connectivity index (χ1) is 8.12. The maximum Gasteiger partial charge on any atom is 0.310 e. The van der Waals surface area contributed by atoms with E-state index in [1.54, 1.807) is 19.1 Å². The zero-order chi connectivity index (χ0) is 12.8. The molecule has 1 aromatic rings. The number of hydrogen-bond acceptors (Lipinski definition) is 4. The number of hydrogen-bond donors (Lipinski definition) is 0. The Kier molecular flexibility index (Phi) is 5.15. The molecule has 0 aliphatic carbocycles. The summed E-state index contributed by atoms with van der Waals surface area (Å²) < 4.78 is 10.6. The number of benzene rings is 1. The molecule has 0 unspecified atom stereocenters. The number of carbonyl (C=O) groups is 2. The third-order valence-corrected chi connectivity index (χ3v) is 2.71. The molecule has 0 N–H and O–H groups in total. The van der Waals surface area contributed by atoms with E-state index in [-0.39, 0.29) is 12.4 Å². The molecule has 0 heterocycles. The smallest absolute Gasteiger partial charge is 0.310 e. The highest BCUT2D eigenvalue weighted by Gasteiger charge is 2.12. The van der Waals surface area contributed by atoms with Crippen molar-refractivity contribution in [3.63, 3.8) is 0 Å². The average Bonchev–Trinajstić information content (AvgIpc) is 2.28. The van der Waals surface area contributed by atoms with Gasteiger partial charge in [-0.05, 0) is 40.5 Å². The Bertz CT molecular complexity index is 429. The Morgan fingerprint density at radius 1 is 1.47 bits per heavy atom. The van der Waals surface area contributed by atoms with Crippen LogP contribution in [0.1, 0.15) is 22.8 Å². The molecule has 0 atom stereocenters. The van der Waals surface area contributed by atoms with Gasteiger partial charge in [-0.1, -0.05) is 0 Å². The van der Waals surface area contributed by atoms with Gasteiger partial charge >= 0.3 is 5.97 Å². The molecule has 92 valence electrons. The van der Waals surface area contributed by atoms with E-state index in [0.29, 0.717) is 34.2 Å². The zero-order valence-corrected chi connectivity index (χ0v) is 11.2. The minimum atomic E-state index is -0.318. The number of esters is 1. The molecular formula is C12H13BrO4. The van der Waals surface area contributed by atoms with E-state index in [4.69, 9.17) is 9.47 Å². The van der Waals surface area contributed by atoms with Gasteiger partial charge in [0.05, 0.1) is 30.2 Å². The van der Waals surface area contributed by atoms with Crippen LogP contribution in [0.5, 0.6) is 5.75 Å². The van der Waals surface area contributed by atoms with Gasteiger partial charge < -0.3 is 9.47 Å². The largest absolute Gasteiger partial charge is 0.495 e. The van der Waals surface area contributed by atoms with Crippen LogP contribution in [0, 0.1) is 0 Å². The summed E-state index contributed by atoms with van der Waals surface area (Å²) in [7, 11) is 1.48. The lowest BCUT2D eigenvalue weighted by molar-refractivity contribution is -0.142. The van der Waals surface area contributed by atoms with Crippen molar-refractivity contribution >= 4 is 28.2 Å². The van der Waals surface area contributed by atoms with Crippen molar-refractivity contribution in [2.24, 2.45) is 0 Å². The molecule has 0 radical (unpaired) electrons. The summed E-state index contributed by atoms with van der Waals surface area (Å²) >= 11 is 3.29. The third-order valence-electron chi connectivity index (χ3n) is 2.12. The van der Waals surface area contributed by atoms with Gasteiger partial charge in [0.1, 0.15) is 5.75 Å². The van der Waals surface area contributed by atoms with Crippen LogP contribution in [0.2, 0.25) is 0 Å². The van der Waals surface area contributed by atoms with Gasteiger partial charge in [-0.15, -0.1) is 0 Å². The van der Waals surface area contributed by atoms with Crippen LogP contribution in [0.4, 0.5) is 0 Å². The van der Waals surface area contributed by atoms with E-state index >= 15 is 0 Å². The number of ether oxygens (including phenoxy) is 2. The van der Waals surface area contributed by atoms with Gasteiger partial charge in [0.2, 0.25) is 0 Å². The number of carbonyl (C=O) groups excluding carboxylic acids is 2. The van der Waals surface area contributed by atoms with E-state index in [2.05, 4.69) is 15.9 Å². The SMILES string of the molecule is CCOC(=O)Cc1cc(Br)c(OC)c(C=O)c1. The second kappa shape index (κ2) is 6.39. The average molecular weight is 301 g/mol. The first kappa shape index (κ1) is 13.7. The molecule has 0 spiro atoms. The van der Waals surface area contributed by atoms with Crippen molar-refractivity contribution in [3.05, 3.63) is 27.7 Å². The standard InChI is InChI=1S/C12H13BrO4/c1-3-17-11(15)6-8-4-9(7-14)12(16-2)10(13)5-8/h4-5,7H,3,6H2,1-2H3. The summed E-state index contributed by atoms with van der Waals surface area (Å²) in [5, 5.41) is 0. The Labute approximate surface area is 108 Å². The van der Waals surface area contributed by atoms with E-state index in [0.717, 1.165) is 0 Å². The summed E-state index contributed by atoms with van der Waals surface area (Å²) in [5.74, 6) is 0.147. The monoisotopic (exact) mass is 300 g/mol. The molecule has 0 amide bonds. The van der Waals surface area contributed by atoms with Gasteiger partial charge in [-0.3, -0.25) is 9.59 Å². The molecule has 0 aromatic heterocycles. The molecule has 1 rings (SSSR count). The number of aldehydes is 1. The van der Waals surface area contributed by atoms with Crippen molar-refractivity contribution in [2.45, 2.75) is 13.3 Å². The van der Waals surface area contributed by atoms with E-state index < -0.39 is 0 Å². The second-order valence-electron chi connectivity index (χ2n) is 3.30. The highest BCUT2D eigenvalue weighted by Crippen LogP contribution is 2.29. The molecule has 0 fully saturated rings. The molecule has 5 heteroatoms. The molecule has 1 aromatic carbocycles. The number of rotatable bonds is 5. The molecule has 0 aliphatic rings. The fraction of sp³-hybridized carbons (Fsp3) is 0.333. The minimum Gasteiger partial charge on any atom is -0.495 e.